The zero-order valence-corrected chi connectivity index (χ0v) is 48.4. The first-order chi connectivity index (χ1) is 38.2. The van der Waals surface area contributed by atoms with Crippen LogP contribution in [0, 0.1) is 23.7 Å². The maximum Gasteiger partial charge on any atom is 0.325 e. The van der Waals surface area contributed by atoms with E-state index in [4.69, 9.17) is 24.7 Å². The second kappa shape index (κ2) is 31.8. The lowest BCUT2D eigenvalue weighted by Crippen LogP contribution is -2.68. The van der Waals surface area contributed by atoms with Crippen LogP contribution >= 0.6 is 0 Å². The number of carboxylic acids is 1. The Morgan fingerprint density at radius 3 is 1.49 bits per heavy atom. The Kier molecular flexibility index (Phi) is 27.3. The van der Waals surface area contributed by atoms with Gasteiger partial charge in [0.15, 0.2) is 12.6 Å². The molecule has 0 aromatic heterocycles. The molecular formula is C51H88N10O21. The number of carbonyl (C=O) groups excluding carboxylic acids is 9. The van der Waals surface area contributed by atoms with Crippen molar-refractivity contribution in [3.05, 3.63) is 0 Å². The molecule has 3 heterocycles. The normalized spacial score (nSPS) is 27.6. The Morgan fingerprint density at radius 2 is 1.00 bits per heavy atom. The van der Waals surface area contributed by atoms with Gasteiger partial charge < -0.3 is 108 Å². The number of aliphatic hydroxyl groups excluding tert-OH is 6. The molecule has 3 fully saturated rings. The van der Waals surface area contributed by atoms with Crippen molar-refractivity contribution in [3.63, 3.8) is 0 Å². The third-order valence-corrected chi connectivity index (χ3v) is 14.2. The second-order valence-electron chi connectivity index (χ2n) is 22.3. The van der Waals surface area contributed by atoms with E-state index in [9.17, 15) is 83.7 Å². The monoisotopic (exact) mass is 1180 g/mol. The van der Waals surface area contributed by atoms with Gasteiger partial charge in [0, 0.05) is 13.5 Å². The molecule has 31 nitrogen and oxygen atoms in total. The van der Waals surface area contributed by atoms with Crippen molar-refractivity contribution in [1.82, 2.24) is 47.4 Å². The van der Waals surface area contributed by atoms with Crippen LogP contribution in [0.25, 0.3) is 0 Å². The van der Waals surface area contributed by atoms with Crippen molar-refractivity contribution in [3.8, 4) is 0 Å². The predicted octanol–water partition coefficient (Wildman–Crippen LogP) is -6.75. The molecule has 0 aliphatic carbocycles. The van der Waals surface area contributed by atoms with Crippen molar-refractivity contribution in [2.75, 3.05) is 26.4 Å². The fraction of sp³-hybridized carbons (Fsp3) is 0.804. The Balaban J connectivity index is 1.64. The van der Waals surface area contributed by atoms with Crippen LogP contribution in [0.1, 0.15) is 95.9 Å². The standard InChI is InChI=1S/C51H88N10O21/c1-19(2)31(45(73)55-25(11)49(77)78)58-47(75)33(21(5)6)59-46(74)32(20(3)4)57-42(70)24(10)53-41(69)23(9)54-44(72)28-14-13-15-61(28)48(76)34(22(7)8)60-43(71)27(52)18-79-50-35(56-26(12)64)40(37(66)30(17-63)80-50)82-51-39(68)38(67)36(65)29(16-62)81-51/h19-25,27-40,50-51,62-63,65-68H,13-18,52H2,1-12H3,(H,53,69)(H,54,72)(H,55,73)(H,56,64)(H,57,70)(H,58,75)(H,59,74)(H,60,71)(H,77,78)/t23-,24-,25-,27-,28-,29+,30+,31-,32-,33-,34-,35+,36-,37-,38-,39+,40+,50-,51-/m0/s1. The van der Waals surface area contributed by atoms with Crippen molar-refractivity contribution in [2.45, 2.75) is 212 Å². The van der Waals surface area contributed by atoms with Crippen molar-refractivity contribution in [2.24, 2.45) is 29.4 Å². The van der Waals surface area contributed by atoms with Crippen molar-refractivity contribution in [1.29, 1.82) is 0 Å². The topological polar surface area (TPSA) is 475 Å². The summed E-state index contributed by atoms with van der Waals surface area (Å²) in [5.74, 6) is -10.2. The Labute approximate surface area is 475 Å². The zero-order valence-electron chi connectivity index (χ0n) is 48.4. The molecule has 82 heavy (non-hydrogen) atoms. The van der Waals surface area contributed by atoms with Gasteiger partial charge in [-0.15, -0.1) is 0 Å². The van der Waals surface area contributed by atoms with E-state index >= 15 is 0 Å². The summed E-state index contributed by atoms with van der Waals surface area (Å²) >= 11 is 0. The zero-order chi connectivity index (χ0) is 62.4. The lowest BCUT2D eigenvalue weighted by molar-refractivity contribution is -0.344. The lowest BCUT2D eigenvalue weighted by atomic mass is 9.95. The summed E-state index contributed by atoms with van der Waals surface area (Å²) in [6, 6.07) is -12.7. The summed E-state index contributed by atoms with van der Waals surface area (Å²) < 4.78 is 22.7. The number of nitrogens with two attached hydrogens (primary N) is 1. The number of hydrogen-bond donors (Lipinski definition) is 16. The average molecular weight is 1180 g/mol. The van der Waals surface area contributed by atoms with Gasteiger partial charge in [0.2, 0.25) is 53.2 Å². The van der Waals surface area contributed by atoms with E-state index in [1.807, 2.05) is 0 Å². The number of nitrogens with one attached hydrogen (secondary N) is 8. The number of nitrogens with zero attached hydrogens (tertiary/aromatic N) is 1. The minimum absolute atomic E-state index is 0.0908. The fourth-order valence-electron chi connectivity index (χ4n) is 9.14. The highest BCUT2D eigenvalue weighted by molar-refractivity contribution is 5.98. The van der Waals surface area contributed by atoms with Gasteiger partial charge in [0.25, 0.3) is 0 Å². The number of aliphatic carboxylic acids is 1. The number of rotatable bonds is 28. The molecule has 9 amide bonds. The molecule has 0 radical (unpaired) electrons. The summed E-state index contributed by atoms with van der Waals surface area (Å²) in [7, 11) is 0. The first kappa shape index (κ1) is 70.5. The van der Waals surface area contributed by atoms with Crippen molar-refractivity contribution >= 4 is 59.1 Å². The van der Waals surface area contributed by atoms with Crippen LogP contribution in [-0.4, -0.2) is 242 Å². The number of aliphatic hydroxyl groups is 6. The minimum Gasteiger partial charge on any atom is -0.480 e. The molecule has 3 aliphatic heterocycles. The molecule has 0 bridgehead atoms. The second-order valence-corrected chi connectivity index (χ2v) is 22.3. The van der Waals surface area contributed by atoms with E-state index < -0.39 is 218 Å². The first-order valence-electron chi connectivity index (χ1n) is 27.4. The number of likely N-dealkylation sites (tertiary alicyclic amines) is 1. The Morgan fingerprint density at radius 1 is 0.561 bits per heavy atom. The number of amides is 9. The van der Waals surface area contributed by atoms with Gasteiger partial charge >= 0.3 is 5.97 Å². The molecular weight excluding hydrogens is 1090 g/mol. The molecule has 468 valence electrons. The summed E-state index contributed by atoms with van der Waals surface area (Å²) in [5.41, 5.74) is 6.24. The van der Waals surface area contributed by atoms with Gasteiger partial charge in [0.1, 0.15) is 103 Å². The maximum absolute atomic E-state index is 14.2. The maximum atomic E-state index is 14.2. The first-order valence-corrected chi connectivity index (χ1v) is 27.4. The largest absolute Gasteiger partial charge is 0.480 e. The smallest absolute Gasteiger partial charge is 0.325 e. The van der Waals surface area contributed by atoms with E-state index in [1.54, 1.807) is 55.4 Å². The van der Waals surface area contributed by atoms with Gasteiger partial charge in [-0.2, -0.15) is 0 Å². The molecule has 3 rings (SSSR count). The van der Waals surface area contributed by atoms with E-state index in [1.165, 1.54) is 25.7 Å². The summed E-state index contributed by atoms with van der Waals surface area (Å²) in [6.45, 7) is 15.9. The van der Waals surface area contributed by atoms with Crippen LogP contribution in [0.4, 0.5) is 0 Å². The van der Waals surface area contributed by atoms with Crippen LogP contribution in [0.2, 0.25) is 0 Å². The Hall–Kier alpha value is -5.74. The predicted molar refractivity (Wildman–Crippen MR) is 284 cm³/mol. The van der Waals surface area contributed by atoms with E-state index in [0.717, 1.165) is 6.92 Å². The molecule has 31 heteroatoms. The third kappa shape index (κ3) is 18.9. The Bertz CT molecular complexity index is 2230. The summed E-state index contributed by atoms with van der Waals surface area (Å²) in [5, 5.41) is 91.5. The number of hydrogen-bond acceptors (Lipinski definition) is 21. The van der Waals surface area contributed by atoms with Crippen molar-refractivity contribution < 1.29 is 103 Å². The van der Waals surface area contributed by atoms with E-state index in [0.29, 0.717) is 6.42 Å². The van der Waals surface area contributed by atoms with Gasteiger partial charge in [-0.05, 0) is 57.3 Å². The van der Waals surface area contributed by atoms with Crippen LogP contribution in [-0.2, 0) is 66.9 Å². The highest BCUT2D eigenvalue weighted by atomic mass is 16.7. The third-order valence-electron chi connectivity index (χ3n) is 14.2. The molecule has 19 atom stereocenters. The molecule has 0 spiro atoms. The molecule has 0 unspecified atom stereocenters. The lowest BCUT2D eigenvalue weighted by Gasteiger charge is -2.47. The summed E-state index contributed by atoms with van der Waals surface area (Å²) in [4.78, 5) is 134. The van der Waals surface area contributed by atoms with Gasteiger partial charge in [0.05, 0.1) is 19.8 Å². The molecule has 3 aliphatic rings. The average Bonchev–Trinajstić information content (AvgIpc) is 3.92. The summed E-state index contributed by atoms with van der Waals surface area (Å²) in [6.07, 6.45) is -14.7. The van der Waals surface area contributed by atoms with E-state index in [2.05, 4.69) is 42.5 Å². The van der Waals surface area contributed by atoms with Crippen LogP contribution in [0.15, 0.2) is 0 Å². The molecule has 0 aromatic carbocycles. The quantitative estimate of drug-likeness (QED) is 0.0346. The highest BCUT2D eigenvalue weighted by Crippen LogP contribution is 2.30. The fourth-order valence-corrected chi connectivity index (χ4v) is 9.14. The molecule has 0 aromatic rings. The van der Waals surface area contributed by atoms with Crippen LogP contribution in [0.5, 0.6) is 0 Å². The number of carbonyl (C=O) groups is 10. The SMILES string of the molecule is CC(=O)N[C@H]1[C@@H](OC[C@H](N)C(=O)N[C@H](C(=O)N2CCC[C@H]2C(=O)N[C@@H](C)C(=O)N[C@@H](C)C(=O)N[C@H](C(=O)N[C@H](C(=O)N[C@H](C(=O)N[C@@H](C)C(=O)O)C(C)C)C(C)C)C(C)C)C(C)C)O[C@H](CO)[C@H](O)[C@@H]1O[C@@H]1O[C@H](CO)[C@H](O)[C@H](O)[C@H]1O. The van der Waals surface area contributed by atoms with Gasteiger partial charge in [-0.3, -0.25) is 47.9 Å². The van der Waals surface area contributed by atoms with Gasteiger partial charge in [-0.25, -0.2) is 0 Å². The molecule has 3 saturated heterocycles. The van der Waals surface area contributed by atoms with Crippen LogP contribution in [0.3, 0.4) is 0 Å². The minimum atomic E-state index is -1.93. The molecule has 0 saturated carbocycles. The van der Waals surface area contributed by atoms with Crippen LogP contribution < -0.4 is 48.3 Å². The number of carboxylic acid groups (broad SMARTS) is 1. The molecule has 17 N–H and O–H groups in total. The van der Waals surface area contributed by atoms with Gasteiger partial charge in [-0.1, -0.05) is 55.4 Å². The highest BCUT2D eigenvalue weighted by Gasteiger charge is 2.52. The number of ether oxygens (including phenoxy) is 4. The van der Waals surface area contributed by atoms with E-state index in [-0.39, 0.29) is 13.0 Å².